The smallest absolute Gasteiger partial charge is 0.224 e. The van der Waals surface area contributed by atoms with Crippen LogP contribution < -0.4 is 10.6 Å². The van der Waals surface area contributed by atoms with Crippen molar-refractivity contribution in [3.8, 4) is 0 Å². The van der Waals surface area contributed by atoms with Crippen molar-refractivity contribution in [3.63, 3.8) is 0 Å². The molecule has 0 saturated carbocycles. The highest BCUT2D eigenvalue weighted by Crippen LogP contribution is 2.15. The molecule has 3 aromatic heterocycles. The van der Waals surface area contributed by atoms with Gasteiger partial charge < -0.3 is 19.7 Å². The molecule has 0 aliphatic heterocycles. The molecule has 0 aromatic carbocycles. The first kappa shape index (κ1) is 16.9. The van der Waals surface area contributed by atoms with Crippen LogP contribution in [-0.4, -0.2) is 20.3 Å². The highest BCUT2D eigenvalue weighted by molar-refractivity contribution is 5.46. The summed E-state index contributed by atoms with van der Waals surface area (Å²) in [5, 5.41) is 14.4. The molecule has 0 atom stereocenters. The highest BCUT2D eigenvalue weighted by atomic mass is 16.5. The van der Waals surface area contributed by atoms with Crippen molar-refractivity contribution >= 4 is 11.8 Å². The van der Waals surface area contributed by atoms with E-state index in [2.05, 4.69) is 30.9 Å². The lowest BCUT2D eigenvalue weighted by atomic mass is 10.3. The molecule has 0 saturated heterocycles. The van der Waals surface area contributed by atoms with Gasteiger partial charge in [-0.1, -0.05) is 24.2 Å². The number of rotatable bonds is 8. The van der Waals surface area contributed by atoms with Crippen molar-refractivity contribution in [2.75, 3.05) is 10.6 Å². The number of nitrogens with one attached hydrogen (secondary N) is 2. The summed E-state index contributed by atoms with van der Waals surface area (Å²) >= 11 is 0. The summed E-state index contributed by atoms with van der Waals surface area (Å²) in [7, 11) is 0. The van der Waals surface area contributed by atoms with E-state index in [1.165, 1.54) is 0 Å². The normalized spacial score (nSPS) is 10.8. The summed E-state index contributed by atoms with van der Waals surface area (Å²) in [4.78, 5) is 8.79. The van der Waals surface area contributed by atoms with Gasteiger partial charge in [0.2, 0.25) is 5.95 Å². The third-order valence-electron chi connectivity index (χ3n) is 3.76. The van der Waals surface area contributed by atoms with Crippen LogP contribution in [0.3, 0.4) is 0 Å². The number of anilines is 2. The van der Waals surface area contributed by atoms with E-state index in [1.807, 2.05) is 32.9 Å². The van der Waals surface area contributed by atoms with Crippen molar-refractivity contribution in [1.29, 1.82) is 0 Å². The molecule has 3 heterocycles. The Morgan fingerprint density at radius 1 is 0.920 bits per heavy atom. The Labute approximate surface area is 146 Å². The summed E-state index contributed by atoms with van der Waals surface area (Å²) in [6, 6.07) is 3.87. The Morgan fingerprint density at radius 2 is 1.52 bits per heavy atom. The summed E-state index contributed by atoms with van der Waals surface area (Å²) in [6.07, 6.45) is 3.47. The van der Waals surface area contributed by atoms with Gasteiger partial charge in [-0.2, -0.15) is 4.98 Å². The third kappa shape index (κ3) is 4.34. The van der Waals surface area contributed by atoms with Gasteiger partial charge in [0, 0.05) is 23.9 Å². The SMILES string of the molecule is CCc1cc(CNc2ncc(C)c(NCc3cc(CC)no3)n2)on1. The second-order valence-corrected chi connectivity index (χ2v) is 5.71. The number of nitrogens with zero attached hydrogens (tertiary/aromatic N) is 4. The van der Waals surface area contributed by atoms with Crippen molar-refractivity contribution in [3.05, 3.63) is 46.8 Å². The lowest BCUT2D eigenvalue weighted by Gasteiger charge is -2.09. The van der Waals surface area contributed by atoms with Gasteiger partial charge in [0.1, 0.15) is 5.82 Å². The van der Waals surface area contributed by atoms with Crippen LogP contribution in [0.2, 0.25) is 0 Å². The van der Waals surface area contributed by atoms with Crippen molar-refractivity contribution < 1.29 is 9.05 Å². The van der Waals surface area contributed by atoms with E-state index in [9.17, 15) is 0 Å². The summed E-state index contributed by atoms with van der Waals surface area (Å²) < 4.78 is 10.5. The topological polar surface area (TPSA) is 102 Å². The molecule has 0 bridgehead atoms. The first-order valence-electron chi connectivity index (χ1n) is 8.38. The van der Waals surface area contributed by atoms with Gasteiger partial charge in [-0.05, 0) is 19.8 Å². The molecule has 25 heavy (non-hydrogen) atoms. The molecule has 3 rings (SSSR count). The van der Waals surface area contributed by atoms with Crippen LogP contribution in [0.5, 0.6) is 0 Å². The van der Waals surface area contributed by atoms with Crippen LogP contribution in [0.15, 0.2) is 27.4 Å². The average Bonchev–Trinajstić information content (AvgIpc) is 3.28. The summed E-state index contributed by atoms with van der Waals surface area (Å²) in [5.41, 5.74) is 2.83. The van der Waals surface area contributed by atoms with Crippen LogP contribution >= 0.6 is 0 Å². The molecule has 8 heteroatoms. The quantitative estimate of drug-likeness (QED) is 0.644. The van der Waals surface area contributed by atoms with E-state index in [1.54, 1.807) is 6.20 Å². The fourth-order valence-electron chi connectivity index (χ4n) is 2.25. The van der Waals surface area contributed by atoms with Crippen molar-refractivity contribution in [2.45, 2.75) is 46.7 Å². The lowest BCUT2D eigenvalue weighted by molar-refractivity contribution is 0.382. The molecule has 0 spiro atoms. The fourth-order valence-corrected chi connectivity index (χ4v) is 2.25. The first-order chi connectivity index (χ1) is 12.2. The molecule has 0 amide bonds. The molecular formula is C17H22N6O2. The Kier molecular flexibility index (Phi) is 5.27. The van der Waals surface area contributed by atoms with Crippen LogP contribution in [0.25, 0.3) is 0 Å². The predicted molar refractivity (Wildman–Crippen MR) is 93.2 cm³/mol. The third-order valence-corrected chi connectivity index (χ3v) is 3.76. The molecule has 132 valence electrons. The Morgan fingerprint density at radius 3 is 2.08 bits per heavy atom. The van der Waals surface area contributed by atoms with Crippen LogP contribution in [0, 0.1) is 6.92 Å². The Balaban J connectivity index is 1.61. The first-order valence-corrected chi connectivity index (χ1v) is 8.38. The van der Waals surface area contributed by atoms with E-state index in [0.717, 1.165) is 47.1 Å². The maximum Gasteiger partial charge on any atom is 0.224 e. The second-order valence-electron chi connectivity index (χ2n) is 5.71. The standard InChI is InChI=1S/C17H22N6O2/c1-4-12-6-14(24-22-12)9-18-16-11(3)8-19-17(21-16)20-10-15-7-13(5-2)23-25-15/h6-8H,4-5,9-10H2,1-3H3,(H2,18,19,20,21). The minimum Gasteiger partial charge on any atom is -0.362 e. The molecule has 0 fully saturated rings. The van der Waals surface area contributed by atoms with E-state index in [-0.39, 0.29) is 0 Å². The number of hydrogen-bond acceptors (Lipinski definition) is 8. The van der Waals surface area contributed by atoms with Gasteiger partial charge in [0.15, 0.2) is 11.5 Å². The molecule has 8 nitrogen and oxygen atoms in total. The molecule has 0 aliphatic rings. The number of hydrogen-bond donors (Lipinski definition) is 2. The zero-order valence-corrected chi connectivity index (χ0v) is 14.7. The monoisotopic (exact) mass is 342 g/mol. The minimum atomic E-state index is 0.484. The van der Waals surface area contributed by atoms with Crippen LogP contribution in [0.1, 0.15) is 42.3 Å². The second kappa shape index (κ2) is 7.78. The van der Waals surface area contributed by atoms with E-state index >= 15 is 0 Å². The maximum absolute atomic E-state index is 5.27. The van der Waals surface area contributed by atoms with Crippen molar-refractivity contribution in [1.82, 2.24) is 20.3 Å². The largest absolute Gasteiger partial charge is 0.362 e. The molecule has 2 N–H and O–H groups in total. The minimum absolute atomic E-state index is 0.484. The van der Waals surface area contributed by atoms with E-state index in [0.29, 0.717) is 19.0 Å². The molecule has 3 aromatic rings. The Hall–Kier alpha value is -2.90. The highest BCUT2D eigenvalue weighted by Gasteiger charge is 2.08. The van der Waals surface area contributed by atoms with Gasteiger partial charge in [0.25, 0.3) is 0 Å². The Bertz CT molecular complexity index is 826. The van der Waals surface area contributed by atoms with E-state index in [4.69, 9.17) is 9.05 Å². The molecule has 0 aliphatic carbocycles. The fraction of sp³-hybridized carbons (Fsp3) is 0.412. The summed E-state index contributed by atoms with van der Waals surface area (Å²) in [5.74, 6) is 2.80. The molecular weight excluding hydrogens is 320 g/mol. The zero-order valence-electron chi connectivity index (χ0n) is 14.7. The van der Waals surface area contributed by atoms with Gasteiger partial charge in [0.05, 0.1) is 24.5 Å². The van der Waals surface area contributed by atoms with Gasteiger partial charge in [-0.25, -0.2) is 4.98 Å². The predicted octanol–water partition coefficient (Wildman–Crippen LogP) is 3.11. The average molecular weight is 342 g/mol. The molecule has 0 unspecified atom stereocenters. The molecule has 0 radical (unpaired) electrons. The van der Waals surface area contributed by atoms with Crippen molar-refractivity contribution in [2.24, 2.45) is 0 Å². The van der Waals surface area contributed by atoms with Crippen LogP contribution in [0.4, 0.5) is 11.8 Å². The lowest BCUT2D eigenvalue weighted by Crippen LogP contribution is -2.08. The number of aromatic nitrogens is 4. The van der Waals surface area contributed by atoms with E-state index < -0.39 is 0 Å². The van der Waals surface area contributed by atoms with Gasteiger partial charge in [-0.3, -0.25) is 0 Å². The zero-order chi connectivity index (χ0) is 17.6. The number of aryl methyl sites for hydroxylation is 3. The maximum atomic E-state index is 5.27. The van der Waals surface area contributed by atoms with Crippen LogP contribution in [-0.2, 0) is 25.9 Å². The van der Waals surface area contributed by atoms with Gasteiger partial charge >= 0.3 is 0 Å². The van der Waals surface area contributed by atoms with Gasteiger partial charge in [-0.15, -0.1) is 0 Å². The summed E-state index contributed by atoms with van der Waals surface area (Å²) in [6.45, 7) is 7.03.